The monoisotopic (exact) mass is 291 g/mol. The summed E-state index contributed by atoms with van der Waals surface area (Å²) in [6.45, 7) is 14.9. The highest BCUT2D eigenvalue weighted by molar-refractivity contribution is 5.11. The second kappa shape index (κ2) is 6.51. The number of aromatic nitrogens is 2. The Morgan fingerprint density at radius 2 is 2.00 bits per heavy atom. The fraction of sp³-hybridized carbons (Fsp3) is 0.833. The summed E-state index contributed by atoms with van der Waals surface area (Å²) in [5, 5.41) is 3.78. The molecule has 0 aliphatic heterocycles. The molecule has 1 aromatic heterocycles. The Labute approximate surface area is 130 Å². The van der Waals surface area contributed by atoms with E-state index in [1.54, 1.807) is 0 Å². The number of aryl methyl sites for hydroxylation is 1. The van der Waals surface area contributed by atoms with Crippen molar-refractivity contribution < 1.29 is 0 Å². The number of imidazole rings is 1. The summed E-state index contributed by atoms with van der Waals surface area (Å²) in [6.07, 6.45) is 7.15. The highest BCUT2D eigenvalue weighted by atomic mass is 15.1. The minimum absolute atomic E-state index is 0.400. The van der Waals surface area contributed by atoms with E-state index in [2.05, 4.69) is 62.7 Å². The van der Waals surface area contributed by atoms with Gasteiger partial charge in [0.1, 0.15) is 0 Å². The van der Waals surface area contributed by atoms with Gasteiger partial charge in [-0.05, 0) is 57.4 Å². The normalized spacial score (nSPS) is 27.0. The van der Waals surface area contributed by atoms with E-state index in [1.165, 1.54) is 37.1 Å². The van der Waals surface area contributed by atoms with E-state index in [4.69, 9.17) is 0 Å². The largest absolute Gasteiger partial charge is 0.330 e. The summed E-state index contributed by atoms with van der Waals surface area (Å²) >= 11 is 0. The lowest BCUT2D eigenvalue weighted by Crippen LogP contribution is -2.44. The second-order valence-electron chi connectivity index (χ2n) is 7.83. The van der Waals surface area contributed by atoms with Crippen molar-refractivity contribution in [3.63, 3.8) is 0 Å². The van der Waals surface area contributed by atoms with E-state index in [1.807, 2.05) is 0 Å². The van der Waals surface area contributed by atoms with Gasteiger partial charge in [0.15, 0.2) is 0 Å². The van der Waals surface area contributed by atoms with Crippen LogP contribution in [0.5, 0.6) is 0 Å². The molecule has 1 aliphatic carbocycles. The molecular formula is C18H33N3. The number of hydrogen-bond donors (Lipinski definition) is 1. The molecule has 120 valence electrons. The van der Waals surface area contributed by atoms with Crippen molar-refractivity contribution in [2.24, 2.45) is 11.3 Å². The third kappa shape index (κ3) is 3.68. The third-order valence-electron chi connectivity index (χ3n) is 5.34. The topological polar surface area (TPSA) is 29.9 Å². The van der Waals surface area contributed by atoms with Crippen LogP contribution in [-0.2, 0) is 0 Å². The first-order chi connectivity index (χ1) is 9.84. The molecule has 1 aliphatic rings. The van der Waals surface area contributed by atoms with E-state index in [0.717, 1.165) is 12.5 Å². The van der Waals surface area contributed by atoms with Gasteiger partial charge in [0, 0.05) is 11.7 Å². The van der Waals surface area contributed by atoms with Crippen molar-refractivity contribution in [1.29, 1.82) is 0 Å². The summed E-state index contributed by atoms with van der Waals surface area (Å²) in [7, 11) is 0. The number of hydrogen-bond acceptors (Lipinski definition) is 2. The van der Waals surface area contributed by atoms with Gasteiger partial charge in [-0.2, -0.15) is 0 Å². The van der Waals surface area contributed by atoms with Crippen LogP contribution in [0.15, 0.2) is 6.33 Å². The van der Waals surface area contributed by atoms with Gasteiger partial charge in [-0.3, -0.25) is 0 Å². The first-order valence-corrected chi connectivity index (χ1v) is 8.58. The molecule has 1 fully saturated rings. The average molecular weight is 291 g/mol. The Bertz CT molecular complexity index is 456. The van der Waals surface area contributed by atoms with Crippen molar-refractivity contribution in [2.45, 2.75) is 79.3 Å². The molecule has 2 rings (SSSR count). The SMILES string of the molecule is CCCNC1CCC(C(C)(C)C)CC1n1cnc(C)c1C. The Balaban J connectivity index is 2.22. The molecule has 1 heterocycles. The summed E-state index contributed by atoms with van der Waals surface area (Å²) in [4.78, 5) is 4.53. The van der Waals surface area contributed by atoms with E-state index in [-0.39, 0.29) is 0 Å². The van der Waals surface area contributed by atoms with Gasteiger partial charge in [-0.15, -0.1) is 0 Å². The van der Waals surface area contributed by atoms with Gasteiger partial charge in [0.05, 0.1) is 18.1 Å². The highest BCUT2D eigenvalue weighted by Crippen LogP contribution is 2.42. The average Bonchev–Trinajstić information content (AvgIpc) is 2.75. The minimum atomic E-state index is 0.400. The van der Waals surface area contributed by atoms with E-state index in [0.29, 0.717) is 17.5 Å². The van der Waals surface area contributed by atoms with Crippen molar-refractivity contribution in [3.05, 3.63) is 17.7 Å². The predicted octanol–water partition coefficient (Wildman–Crippen LogP) is 4.26. The molecule has 1 aromatic rings. The smallest absolute Gasteiger partial charge is 0.0954 e. The molecule has 3 heteroatoms. The fourth-order valence-electron chi connectivity index (χ4n) is 3.66. The molecule has 0 spiro atoms. The van der Waals surface area contributed by atoms with Crippen LogP contribution in [0.2, 0.25) is 0 Å². The highest BCUT2D eigenvalue weighted by Gasteiger charge is 2.36. The zero-order chi connectivity index (χ0) is 15.6. The summed E-state index contributed by atoms with van der Waals surface area (Å²) in [5.41, 5.74) is 2.90. The van der Waals surface area contributed by atoms with Crippen LogP contribution in [0.4, 0.5) is 0 Å². The van der Waals surface area contributed by atoms with Crippen LogP contribution < -0.4 is 5.32 Å². The zero-order valence-corrected chi connectivity index (χ0v) is 14.7. The van der Waals surface area contributed by atoms with Gasteiger partial charge >= 0.3 is 0 Å². The summed E-state index contributed by atoms with van der Waals surface area (Å²) in [6, 6.07) is 1.14. The van der Waals surface area contributed by atoms with Gasteiger partial charge in [0.25, 0.3) is 0 Å². The Morgan fingerprint density at radius 1 is 1.29 bits per heavy atom. The molecule has 3 unspecified atom stereocenters. The summed E-state index contributed by atoms with van der Waals surface area (Å²) in [5.74, 6) is 0.796. The maximum atomic E-state index is 4.53. The van der Waals surface area contributed by atoms with E-state index >= 15 is 0 Å². The van der Waals surface area contributed by atoms with Crippen molar-refractivity contribution in [3.8, 4) is 0 Å². The molecule has 3 nitrogen and oxygen atoms in total. The molecule has 1 saturated carbocycles. The van der Waals surface area contributed by atoms with Crippen LogP contribution in [0.3, 0.4) is 0 Å². The first kappa shape index (κ1) is 16.5. The molecule has 0 bridgehead atoms. The van der Waals surface area contributed by atoms with Gasteiger partial charge in [-0.1, -0.05) is 27.7 Å². The van der Waals surface area contributed by atoms with Crippen LogP contribution in [0, 0.1) is 25.2 Å². The summed E-state index contributed by atoms with van der Waals surface area (Å²) < 4.78 is 2.43. The molecule has 0 radical (unpaired) electrons. The number of nitrogens with zero attached hydrogens (tertiary/aromatic N) is 2. The number of rotatable bonds is 4. The zero-order valence-electron chi connectivity index (χ0n) is 14.7. The molecule has 0 amide bonds. The lowest BCUT2D eigenvalue weighted by atomic mass is 9.69. The minimum Gasteiger partial charge on any atom is -0.330 e. The Morgan fingerprint density at radius 3 is 2.52 bits per heavy atom. The van der Waals surface area contributed by atoms with Crippen LogP contribution in [-0.4, -0.2) is 22.1 Å². The van der Waals surface area contributed by atoms with Crippen LogP contribution in [0.25, 0.3) is 0 Å². The fourth-order valence-corrected chi connectivity index (χ4v) is 3.66. The van der Waals surface area contributed by atoms with Gasteiger partial charge in [0.2, 0.25) is 0 Å². The van der Waals surface area contributed by atoms with E-state index in [9.17, 15) is 0 Å². The standard InChI is InChI=1S/C18H33N3/c1-7-10-19-16-9-8-15(18(4,5)6)11-17(16)21-12-20-13(2)14(21)3/h12,15-17,19H,7-11H2,1-6H3. The van der Waals surface area contributed by atoms with Gasteiger partial charge in [-0.25, -0.2) is 4.98 Å². The lowest BCUT2D eigenvalue weighted by Gasteiger charge is -2.43. The van der Waals surface area contributed by atoms with Gasteiger partial charge < -0.3 is 9.88 Å². The molecule has 0 aromatic carbocycles. The van der Waals surface area contributed by atoms with Crippen molar-refractivity contribution in [1.82, 2.24) is 14.9 Å². The number of nitrogens with one attached hydrogen (secondary N) is 1. The van der Waals surface area contributed by atoms with E-state index < -0.39 is 0 Å². The first-order valence-electron chi connectivity index (χ1n) is 8.58. The maximum Gasteiger partial charge on any atom is 0.0954 e. The lowest BCUT2D eigenvalue weighted by molar-refractivity contribution is 0.117. The molecule has 0 saturated heterocycles. The quantitative estimate of drug-likeness (QED) is 0.898. The maximum absolute atomic E-state index is 4.53. The van der Waals surface area contributed by atoms with Crippen LogP contribution in [0.1, 0.15) is 70.8 Å². The molecule has 1 N–H and O–H groups in total. The van der Waals surface area contributed by atoms with Crippen LogP contribution >= 0.6 is 0 Å². The molecule has 21 heavy (non-hydrogen) atoms. The third-order valence-corrected chi connectivity index (χ3v) is 5.34. The van der Waals surface area contributed by atoms with Crippen molar-refractivity contribution >= 4 is 0 Å². The molecule has 3 atom stereocenters. The Kier molecular flexibility index (Phi) is 5.13. The second-order valence-corrected chi connectivity index (χ2v) is 7.83. The molecular weight excluding hydrogens is 258 g/mol. The Hall–Kier alpha value is -0.830. The van der Waals surface area contributed by atoms with Crippen molar-refractivity contribution in [2.75, 3.05) is 6.54 Å². The predicted molar refractivity (Wildman–Crippen MR) is 89.6 cm³/mol.